The van der Waals surface area contributed by atoms with E-state index >= 15 is 0 Å². The molecule has 2 aromatic heterocycles. The molecule has 0 amide bonds. The summed E-state index contributed by atoms with van der Waals surface area (Å²) in [5, 5.41) is 7.76. The Morgan fingerprint density at radius 2 is 1.12 bits per heavy atom. The third-order valence-electron chi connectivity index (χ3n) is 8.42. The maximum atomic E-state index is 5.36. The molecule has 4 aromatic carbocycles. The van der Waals surface area contributed by atoms with Crippen LogP contribution >= 0.6 is 0 Å². The molecule has 0 spiro atoms. The third kappa shape index (κ3) is 2.75. The lowest BCUT2D eigenvalue weighted by atomic mass is 10.1. The van der Waals surface area contributed by atoms with Crippen molar-refractivity contribution in [2.24, 2.45) is 25.0 Å². The summed E-state index contributed by atoms with van der Waals surface area (Å²) in [4.78, 5) is 26.1. The number of rotatable bonds is 0. The summed E-state index contributed by atoms with van der Waals surface area (Å²) in [6, 6.07) is 33.3. The number of aromatic nitrogens is 2. The monoisotopic (exact) mass is 528 g/mol. The van der Waals surface area contributed by atoms with E-state index in [9.17, 15) is 0 Å². The van der Waals surface area contributed by atoms with Crippen LogP contribution in [0.1, 0.15) is 28.4 Å². The van der Waals surface area contributed by atoms with Crippen LogP contribution in [0, 0.1) is 0 Å². The highest BCUT2D eigenvalue weighted by molar-refractivity contribution is 6.23. The molecule has 6 bridgehead atoms. The molecule has 0 saturated heterocycles. The maximum absolute atomic E-state index is 5.36. The highest BCUT2D eigenvalue weighted by Crippen LogP contribution is 2.40. The molecule has 1 unspecified atom stereocenters. The Kier molecular flexibility index (Phi) is 3.89. The number of benzene rings is 4. The topological polar surface area (TPSA) is 83.7 Å². The fourth-order valence-corrected chi connectivity index (χ4v) is 6.56. The number of hydrogen-bond acceptors (Lipinski definition) is 6. The minimum Gasteiger partial charge on any atom is -0.344 e. The Hall–Kier alpha value is -5.63. The normalized spacial score (nSPS) is 20.8. The van der Waals surface area contributed by atoms with Crippen molar-refractivity contribution in [3.63, 3.8) is 0 Å². The van der Waals surface area contributed by atoms with E-state index in [4.69, 9.17) is 25.0 Å². The maximum Gasteiger partial charge on any atom is 0.164 e. The summed E-state index contributed by atoms with van der Waals surface area (Å²) in [5.41, 5.74) is 5.80. The van der Waals surface area contributed by atoms with Crippen LogP contribution < -0.4 is 16.3 Å². The summed E-state index contributed by atoms with van der Waals surface area (Å²) in [7, 11) is 0. The van der Waals surface area contributed by atoms with Crippen LogP contribution in [-0.2, 0) is 6.67 Å². The lowest BCUT2D eigenvalue weighted by Crippen LogP contribution is -2.33. The van der Waals surface area contributed by atoms with E-state index in [1.165, 1.54) is 0 Å². The zero-order chi connectivity index (χ0) is 26.7. The summed E-state index contributed by atoms with van der Waals surface area (Å²) in [6.07, 6.45) is -0.274. The molecular weight excluding hydrogens is 508 g/mol. The van der Waals surface area contributed by atoms with Crippen molar-refractivity contribution in [1.29, 1.82) is 0 Å². The van der Waals surface area contributed by atoms with Crippen LogP contribution in [0.25, 0.3) is 21.5 Å². The molecule has 4 aliphatic rings. The van der Waals surface area contributed by atoms with E-state index in [0.717, 1.165) is 72.2 Å². The Bertz CT molecular complexity index is 2380. The van der Waals surface area contributed by atoms with Crippen molar-refractivity contribution in [1.82, 2.24) is 14.5 Å². The number of hydrogen-bond donors (Lipinski definition) is 1. The first kappa shape index (κ1) is 21.2. The van der Waals surface area contributed by atoms with Crippen LogP contribution in [-0.4, -0.2) is 26.6 Å². The first-order valence-corrected chi connectivity index (χ1v) is 13.7. The Morgan fingerprint density at radius 3 is 1.88 bits per heavy atom. The fraction of sp³-hybridized carbons (Fsp3) is 0.0606. The molecule has 8 nitrogen and oxygen atoms in total. The van der Waals surface area contributed by atoms with Crippen LogP contribution in [0.2, 0.25) is 0 Å². The van der Waals surface area contributed by atoms with Gasteiger partial charge in [-0.05, 0) is 0 Å². The van der Waals surface area contributed by atoms with E-state index in [-0.39, 0.29) is 6.17 Å². The zero-order valence-corrected chi connectivity index (χ0v) is 21.7. The minimum atomic E-state index is -0.274. The average molecular weight is 529 g/mol. The molecule has 1 N–H and O–H groups in total. The van der Waals surface area contributed by atoms with Gasteiger partial charge in [0.15, 0.2) is 11.7 Å². The Balaban J connectivity index is 1.47. The standard InChI is InChI=1S/C33H20N8/c1-2-10-19-18(9-1)26-34-27(19)37-31-24-15-7-8-16-25(24)33-39-29-21-12-4-3-11-20(21)28(35-29)38-32-23-14-6-5-13-22(23)30(36-26)40(32)17-41(31)33/h1-16,26H,17H2,(H,34,37)/b36-30-,38-32?,39-29-. The van der Waals surface area contributed by atoms with Crippen LogP contribution in [0.3, 0.4) is 0 Å². The molecule has 8 heteroatoms. The van der Waals surface area contributed by atoms with Crippen molar-refractivity contribution in [2.75, 3.05) is 0 Å². The molecule has 192 valence electrons. The van der Waals surface area contributed by atoms with Gasteiger partial charge in [0.2, 0.25) is 0 Å². The molecule has 10 rings (SSSR count). The quantitative estimate of drug-likeness (QED) is 0.299. The Labute approximate surface area is 233 Å². The van der Waals surface area contributed by atoms with Gasteiger partial charge in [0.05, 0.1) is 0 Å². The molecule has 0 fully saturated rings. The second-order valence-corrected chi connectivity index (χ2v) is 10.6. The SMILES string of the molecule is c1ccc2c(c1)C1=N/C2=N\c2c3ccccc3c3n2Cn2c(c4ccccc4/c2=N/C2N/C(=N\3)c3ccccc32)=N1. The van der Waals surface area contributed by atoms with Gasteiger partial charge in [0.1, 0.15) is 41.3 Å². The van der Waals surface area contributed by atoms with Crippen molar-refractivity contribution >= 4 is 50.7 Å². The minimum absolute atomic E-state index is 0.274. The van der Waals surface area contributed by atoms with E-state index < -0.39 is 0 Å². The van der Waals surface area contributed by atoms with Crippen molar-refractivity contribution < 1.29 is 0 Å². The predicted octanol–water partition coefficient (Wildman–Crippen LogP) is 4.89. The molecule has 0 radical (unpaired) electrons. The van der Waals surface area contributed by atoms with Crippen molar-refractivity contribution in [3.05, 3.63) is 130 Å². The molecule has 41 heavy (non-hydrogen) atoms. The van der Waals surface area contributed by atoms with E-state index in [2.05, 4.69) is 99.4 Å². The summed E-state index contributed by atoms with van der Waals surface area (Å²) in [5.74, 6) is 3.79. The molecule has 0 aliphatic carbocycles. The number of nitrogens with zero attached hydrogens (tertiary/aromatic N) is 7. The van der Waals surface area contributed by atoms with Gasteiger partial charge in [-0.3, -0.25) is 9.13 Å². The Morgan fingerprint density at radius 1 is 0.537 bits per heavy atom. The lowest BCUT2D eigenvalue weighted by molar-refractivity contribution is 0.561. The van der Waals surface area contributed by atoms with Gasteiger partial charge in [-0.25, -0.2) is 25.0 Å². The van der Waals surface area contributed by atoms with Gasteiger partial charge in [-0.2, -0.15) is 0 Å². The van der Waals surface area contributed by atoms with Crippen LogP contribution in [0.4, 0.5) is 11.6 Å². The van der Waals surface area contributed by atoms with Gasteiger partial charge in [0.25, 0.3) is 0 Å². The molecule has 0 saturated carbocycles. The van der Waals surface area contributed by atoms with Gasteiger partial charge in [0, 0.05) is 43.8 Å². The van der Waals surface area contributed by atoms with Gasteiger partial charge >= 0.3 is 0 Å². The van der Waals surface area contributed by atoms with E-state index in [1.807, 2.05) is 12.1 Å². The highest BCUT2D eigenvalue weighted by atomic mass is 15.3. The zero-order valence-electron chi connectivity index (χ0n) is 21.7. The van der Waals surface area contributed by atoms with Crippen LogP contribution in [0.15, 0.2) is 122 Å². The van der Waals surface area contributed by atoms with Gasteiger partial charge in [-0.15, -0.1) is 0 Å². The second kappa shape index (κ2) is 7.51. The smallest absolute Gasteiger partial charge is 0.164 e. The number of nitrogens with one attached hydrogen (secondary N) is 1. The lowest BCUT2D eigenvalue weighted by Gasteiger charge is -2.15. The number of amidine groups is 3. The first-order valence-electron chi connectivity index (χ1n) is 13.7. The molecule has 4 aliphatic heterocycles. The average Bonchev–Trinajstić information content (AvgIpc) is 3.72. The molecule has 1 atom stereocenters. The number of fused-ring (bicyclic) bond motifs is 15. The first-order chi connectivity index (χ1) is 20.3. The van der Waals surface area contributed by atoms with E-state index in [1.54, 1.807) is 0 Å². The summed E-state index contributed by atoms with van der Waals surface area (Å²) < 4.78 is 4.38. The molecule has 6 aromatic rings. The van der Waals surface area contributed by atoms with Gasteiger partial charge < -0.3 is 5.32 Å². The van der Waals surface area contributed by atoms with Crippen LogP contribution in [0.5, 0.6) is 0 Å². The summed E-state index contributed by atoms with van der Waals surface area (Å²) >= 11 is 0. The number of aliphatic imine (C=N–C) groups is 3. The van der Waals surface area contributed by atoms with Crippen molar-refractivity contribution in [3.8, 4) is 0 Å². The highest BCUT2D eigenvalue weighted by Gasteiger charge is 2.31. The fourth-order valence-electron chi connectivity index (χ4n) is 6.56. The summed E-state index contributed by atoms with van der Waals surface area (Å²) in [6.45, 7) is 0.450. The van der Waals surface area contributed by atoms with Gasteiger partial charge in [-0.1, -0.05) is 97.1 Å². The molecule has 6 heterocycles. The third-order valence-corrected chi connectivity index (χ3v) is 8.42. The predicted molar refractivity (Wildman–Crippen MR) is 159 cm³/mol. The van der Waals surface area contributed by atoms with Crippen molar-refractivity contribution in [2.45, 2.75) is 12.8 Å². The van der Waals surface area contributed by atoms with E-state index in [0.29, 0.717) is 18.3 Å². The largest absolute Gasteiger partial charge is 0.344 e. The second-order valence-electron chi connectivity index (χ2n) is 10.6. The molecular formula is C33H20N8.